The second-order valence-electron chi connectivity index (χ2n) is 3.87. The summed E-state index contributed by atoms with van der Waals surface area (Å²) in [5.74, 6) is 0.654. The number of hydrogen-bond donors (Lipinski definition) is 1. The van der Waals surface area contributed by atoms with Crippen molar-refractivity contribution >= 4 is 5.91 Å². The van der Waals surface area contributed by atoms with Gasteiger partial charge in [0, 0.05) is 12.6 Å². The van der Waals surface area contributed by atoms with E-state index in [1.165, 1.54) is 0 Å². The molecule has 0 spiro atoms. The van der Waals surface area contributed by atoms with E-state index in [1.54, 1.807) is 0 Å². The molecule has 0 saturated carbocycles. The van der Waals surface area contributed by atoms with Crippen molar-refractivity contribution in [3.8, 4) is 0 Å². The van der Waals surface area contributed by atoms with E-state index in [2.05, 4.69) is 5.32 Å². The predicted octanol–water partition coefficient (Wildman–Crippen LogP) is 1.24. The van der Waals surface area contributed by atoms with Gasteiger partial charge in [0.2, 0.25) is 5.91 Å². The maximum atomic E-state index is 11.4. The van der Waals surface area contributed by atoms with Gasteiger partial charge < -0.3 is 10.2 Å². The van der Waals surface area contributed by atoms with E-state index in [0.29, 0.717) is 17.9 Å². The van der Waals surface area contributed by atoms with Gasteiger partial charge in [0.15, 0.2) is 0 Å². The van der Waals surface area contributed by atoms with Crippen LogP contribution in [0.4, 0.5) is 0 Å². The molecule has 14 heavy (non-hydrogen) atoms. The standard InChI is InChI=1S/C9H16N2O.C2H6/c1-7-6-11(9(7)12)8-2-4-10-5-3-8;1-2/h7-8,10H,2-6H2,1H3;1-2H3. The van der Waals surface area contributed by atoms with Gasteiger partial charge in [-0.3, -0.25) is 4.79 Å². The van der Waals surface area contributed by atoms with E-state index in [1.807, 2.05) is 25.7 Å². The van der Waals surface area contributed by atoms with Gasteiger partial charge in [0.25, 0.3) is 0 Å². The van der Waals surface area contributed by atoms with E-state index in [4.69, 9.17) is 0 Å². The monoisotopic (exact) mass is 198 g/mol. The van der Waals surface area contributed by atoms with Crippen LogP contribution >= 0.6 is 0 Å². The zero-order valence-corrected chi connectivity index (χ0v) is 9.55. The molecule has 2 aliphatic heterocycles. The maximum Gasteiger partial charge on any atom is 0.227 e. The summed E-state index contributed by atoms with van der Waals surface area (Å²) in [6.45, 7) is 9.15. The van der Waals surface area contributed by atoms with Gasteiger partial charge in [0.1, 0.15) is 0 Å². The van der Waals surface area contributed by atoms with E-state index in [-0.39, 0.29) is 0 Å². The van der Waals surface area contributed by atoms with Crippen molar-refractivity contribution in [3.63, 3.8) is 0 Å². The van der Waals surface area contributed by atoms with Crippen molar-refractivity contribution in [3.05, 3.63) is 0 Å². The third-order valence-electron chi connectivity index (χ3n) is 2.92. The number of amides is 1. The first-order chi connectivity index (χ1) is 6.79. The molecule has 1 N–H and O–H groups in total. The highest BCUT2D eigenvalue weighted by Gasteiger charge is 2.37. The van der Waals surface area contributed by atoms with E-state index in [0.717, 1.165) is 32.5 Å². The summed E-state index contributed by atoms with van der Waals surface area (Å²) in [4.78, 5) is 13.4. The summed E-state index contributed by atoms with van der Waals surface area (Å²) in [7, 11) is 0. The molecule has 0 aliphatic carbocycles. The van der Waals surface area contributed by atoms with E-state index < -0.39 is 0 Å². The topological polar surface area (TPSA) is 32.3 Å². The van der Waals surface area contributed by atoms with Crippen LogP contribution in [0.15, 0.2) is 0 Å². The van der Waals surface area contributed by atoms with Crippen molar-refractivity contribution in [1.29, 1.82) is 0 Å². The lowest BCUT2D eigenvalue weighted by atomic mass is 9.94. The Morgan fingerprint density at radius 2 is 1.86 bits per heavy atom. The number of hydrogen-bond acceptors (Lipinski definition) is 2. The molecule has 82 valence electrons. The van der Waals surface area contributed by atoms with Crippen molar-refractivity contribution in [2.24, 2.45) is 5.92 Å². The van der Waals surface area contributed by atoms with Crippen LogP contribution < -0.4 is 5.32 Å². The molecule has 3 heteroatoms. The van der Waals surface area contributed by atoms with Crippen LogP contribution in [0.1, 0.15) is 33.6 Å². The molecule has 2 aliphatic rings. The first-order valence-corrected chi connectivity index (χ1v) is 5.80. The number of likely N-dealkylation sites (tertiary alicyclic amines) is 1. The number of β-lactam (4-membered cyclic amide) rings is 1. The summed E-state index contributed by atoms with van der Waals surface area (Å²) in [6, 6.07) is 0.537. The molecular formula is C11H22N2O. The number of rotatable bonds is 1. The van der Waals surface area contributed by atoms with Crippen LogP contribution in [0.5, 0.6) is 0 Å². The molecule has 1 atom stereocenters. The SMILES string of the molecule is CC.CC1CN(C2CCNCC2)C1=O. The Kier molecular flexibility index (Phi) is 4.39. The number of piperidine rings is 1. The third kappa shape index (κ3) is 2.27. The summed E-state index contributed by atoms with van der Waals surface area (Å²) in [5, 5.41) is 3.31. The molecule has 2 rings (SSSR count). The summed E-state index contributed by atoms with van der Waals surface area (Å²) < 4.78 is 0. The molecule has 0 aromatic heterocycles. The van der Waals surface area contributed by atoms with Gasteiger partial charge in [0.05, 0.1) is 5.92 Å². The zero-order chi connectivity index (χ0) is 10.6. The van der Waals surface area contributed by atoms with Crippen LogP contribution in [0.3, 0.4) is 0 Å². The lowest BCUT2D eigenvalue weighted by Crippen LogP contribution is -2.58. The van der Waals surface area contributed by atoms with E-state index >= 15 is 0 Å². The highest BCUT2D eigenvalue weighted by Crippen LogP contribution is 2.23. The smallest absolute Gasteiger partial charge is 0.227 e. The molecule has 0 radical (unpaired) electrons. The minimum absolute atomic E-state index is 0.292. The average molecular weight is 198 g/mol. The fourth-order valence-corrected chi connectivity index (χ4v) is 2.08. The van der Waals surface area contributed by atoms with Crippen molar-refractivity contribution < 1.29 is 4.79 Å². The van der Waals surface area contributed by atoms with Crippen molar-refractivity contribution in [2.45, 2.75) is 39.7 Å². The van der Waals surface area contributed by atoms with Gasteiger partial charge in [-0.1, -0.05) is 20.8 Å². The average Bonchev–Trinajstić information content (AvgIpc) is 2.29. The Morgan fingerprint density at radius 3 is 2.29 bits per heavy atom. The Balaban J connectivity index is 0.000000461. The number of nitrogens with one attached hydrogen (secondary N) is 1. The second-order valence-corrected chi connectivity index (χ2v) is 3.87. The van der Waals surface area contributed by atoms with Crippen LogP contribution in [0.25, 0.3) is 0 Å². The van der Waals surface area contributed by atoms with Crippen LogP contribution in [0.2, 0.25) is 0 Å². The van der Waals surface area contributed by atoms with Gasteiger partial charge in [-0.25, -0.2) is 0 Å². The first-order valence-electron chi connectivity index (χ1n) is 5.80. The predicted molar refractivity (Wildman–Crippen MR) is 58.1 cm³/mol. The normalized spacial score (nSPS) is 27.8. The summed E-state index contributed by atoms with van der Waals surface area (Å²) >= 11 is 0. The quantitative estimate of drug-likeness (QED) is 0.643. The Hall–Kier alpha value is -0.570. The van der Waals surface area contributed by atoms with Gasteiger partial charge in [-0.15, -0.1) is 0 Å². The molecule has 0 aromatic rings. The van der Waals surface area contributed by atoms with Gasteiger partial charge >= 0.3 is 0 Å². The van der Waals surface area contributed by atoms with Gasteiger partial charge in [-0.2, -0.15) is 0 Å². The Bertz CT molecular complexity index is 188. The summed E-state index contributed by atoms with van der Waals surface area (Å²) in [6.07, 6.45) is 2.27. The minimum atomic E-state index is 0.292. The Labute approximate surface area is 86.9 Å². The fourth-order valence-electron chi connectivity index (χ4n) is 2.08. The molecule has 2 fully saturated rings. The molecule has 1 unspecified atom stereocenters. The second kappa shape index (κ2) is 5.35. The van der Waals surface area contributed by atoms with Crippen molar-refractivity contribution in [1.82, 2.24) is 10.2 Å². The maximum absolute atomic E-state index is 11.4. The zero-order valence-electron chi connectivity index (χ0n) is 9.55. The molecule has 2 heterocycles. The first kappa shape index (κ1) is 11.5. The molecule has 0 bridgehead atoms. The lowest BCUT2D eigenvalue weighted by molar-refractivity contribution is -0.151. The molecule has 0 aromatic carbocycles. The number of carbonyl (C=O) groups excluding carboxylic acids is 1. The molecule has 1 amide bonds. The summed E-state index contributed by atoms with van der Waals surface area (Å²) in [5.41, 5.74) is 0. The number of carbonyl (C=O) groups is 1. The highest BCUT2D eigenvalue weighted by molar-refractivity contribution is 5.84. The largest absolute Gasteiger partial charge is 0.339 e. The molecule has 3 nitrogen and oxygen atoms in total. The van der Waals surface area contributed by atoms with Crippen LogP contribution in [-0.4, -0.2) is 36.5 Å². The van der Waals surface area contributed by atoms with Crippen LogP contribution in [-0.2, 0) is 4.79 Å². The van der Waals surface area contributed by atoms with Crippen LogP contribution in [0, 0.1) is 5.92 Å². The van der Waals surface area contributed by atoms with Gasteiger partial charge in [-0.05, 0) is 25.9 Å². The lowest BCUT2D eigenvalue weighted by Gasteiger charge is -2.44. The van der Waals surface area contributed by atoms with Crippen molar-refractivity contribution in [2.75, 3.05) is 19.6 Å². The third-order valence-corrected chi connectivity index (χ3v) is 2.92. The molecular weight excluding hydrogens is 176 g/mol. The highest BCUT2D eigenvalue weighted by atomic mass is 16.2. The fraction of sp³-hybridized carbons (Fsp3) is 0.909. The molecule has 2 saturated heterocycles. The minimum Gasteiger partial charge on any atom is -0.339 e. The number of nitrogens with zero attached hydrogens (tertiary/aromatic N) is 1. The van der Waals surface area contributed by atoms with E-state index in [9.17, 15) is 4.79 Å². The Morgan fingerprint density at radius 1 is 1.29 bits per heavy atom.